The van der Waals surface area contributed by atoms with Crippen molar-refractivity contribution in [2.45, 2.75) is 39.0 Å². The number of sulfonamides is 1. The lowest BCUT2D eigenvalue weighted by Crippen LogP contribution is -2.26. The molecule has 1 N–H and O–H groups in total. The van der Waals surface area contributed by atoms with Crippen molar-refractivity contribution in [1.29, 1.82) is 0 Å². The van der Waals surface area contributed by atoms with Crippen molar-refractivity contribution >= 4 is 21.6 Å². The summed E-state index contributed by atoms with van der Waals surface area (Å²) < 4.78 is 26.9. The van der Waals surface area contributed by atoms with Crippen LogP contribution in [0, 0.1) is 19.8 Å². The van der Waals surface area contributed by atoms with E-state index in [4.69, 9.17) is 11.6 Å². The molecule has 0 radical (unpaired) electrons. The molecule has 5 heteroatoms. The highest BCUT2D eigenvalue weighted by molar-refractivity contribution is 7.89. The summed E-state index contributed by atoms with van der Waals surface area (Å²) in [6.07, 6.45) is 0.824. The lowest BCUT2D eigenvalue weighted by Gasteiger charge is -2.12. The molecule has 18 heavy (non-hydrogen) atoms. The Kier molecular flexibility index (Phi) is 5.20. The molecule has 0 atom stereocenters. The van der Waals surface area contributed by atoms with E-state index in [0.29, 0.717) is 27.9 Å². The summed E-state index contributed by atoms with van der Waals surface area (Å²) in [6, 6.07) is 3.31. The van der Waals surface area contributed by atoms with Gasteiger partial charge in [0, 0.05) is 11.6 Å². The SMILES string of the molecule is Cc1cc(S(=O)(=O)NCCC(C)C)c(C)cc1Cl. The van der Waals surface area contributed by atoms with Crippen LogP contribution in [0.3, 0.4) is 0 Å². The highest BCUT2D eigenvalue weighted by Gasteiger charge is 2.17. The van der Waals surface area contributed by atoms with Crippen LogP contribution < -0.4 is 4.72 Å². The average Bonchev–Trinajstić information content (AvgIpc) is 2.22. The van der Waals surface area contributed by atoms with E-state index in [9.17, 15) is 8.42 Å². The molecule has 0 aliphatic heterocycles. The molecule has 0 saturated carbocycles. The molecule has 0 aliphatic rings. The molecule has 0 unspecified atom stereocenters. The third-order valence-corrected chi connectivity index (χ3v) is 4.77. The number of hydrogen-bond acceptors (Lipinski definition) is 2. The van der Waals surface area contributed by atoms with Crippen LogP contribution in [0.25, 0.3) is 0 Å². The summed E-state index contributed by atoms with van der Waals surface area (Å²) in [5, 5.41) is 0.591. The first-order valence-electron chi connectivity index (χ1n) is 6.00. The predicted octanol–water partition coefficient (Wildman–Crippen LogP) is 3.28. The van der Waals surface area contributed by atoms with E-state index in [1.54, 1.807) is 26.0 Å². The van der Waals surface area contributed by atoms with Gasteiger partial charge in [-0.25, -0.2) is 13.1 Å². The summed E-state index contributed by atoms with van der Waals surface area (Å²) in [5.41, 5.74) is 1.44. The molecule has 1 aromatic carbocycles. The number of benzene rings is 1. The van der Waals surface area contributed by atoms with E-state index < -0.39 is 10.0 Å². The number of hydrogen-bond donors (Lipinski definition) is 1. The molecule has 0 bridgehead atoms. The van der Waals surface area contributed by atoms with Crippen LogP contribution in [0.4, 0.5) is 0 Å². The molecule has 1 aromatic rings. The van der Waals surface area contributed by atoms with E-state index in [1.807, 2.05) is 0 Å². The van der Waals surface area contributed by atoms with Crippen LogP contribution in [0.5, 0.6) is 0 Å². The molecular weight excluding hydrogens is 270 g/mol. The molecule has 0 saturated heterocycles. The monoisotopic (exact) mass is 289 g/mol. The summed E-state index contributed by atoms with van der Waals surface area (Å²) in [6.45, 7) is 8.14. The minimum atomic E-state index is -3.43. The van der Waals surface area contributed by atoms with E-state index in [2.05, 4.69) is 18.6 Å². The lowest BCUT2D eigenvalue weighted by molar-refractivity contribution is 0.551. The Morgan fingerprint density at radius 3 is 2.39 bits per heavy atom. The summed E-state index contributed by atoms with van der Waals surface area (Å²) in [5.74, 6) is 0.473. The normalized spacial score (nSPS) is 12.1. The zero-order chi connectivity index (χ0) is 13.9. The van der Waals surface area contributed by atoms with Gasteiger partial charge >= 0.3 is 0 Å². The lowest BCUT2D eigenvalue weighted by atomic mass is 10.1. The van der Waals surface area contributed by atoms with Crippen molar-refractivity contribution in [2.24, 2.45) is 5.92 Å². The molecule has 0 aliphatic carbocycles. The van der Waals surface area contributed by atoms with E-state index >= 15 is 0 Å². The fourth-order valence-electron chi connectivity index (χ4n) is 1.60. The Labute approximate surface area is 115 Å². The Morgan fingerprint density at radius 1 is 1.22 bits per heavy atom. The number of nitrogens with one attached hydrogen (secondary N) is 1. The largest absolute Gasteiger partial charge is 0.240 e. The van der Waals surface area contributed by atoms with Gasteiger partial charge in [0.25, 0.3) is 0 Å². The Bertz CT molecular complexity index is 524. The van der Waals surface area contributed by atoms with E-state index in [-0.39, 0.29) is 0 Å². The van der Waals surface area contributed by atoms with Crippen LogP contribution in [0.15, 0.2) is 17.0 Å². The fraction of sp³-hybridized carbons (Fsp3) is 0.538. The van der Waals surface area contributed by atoms with Gasteiger partial charge in [-0.2, -0.15) is 0 Å². The number of halogens is 1. The molecule has 0 heterocycles. The highest BCUT2D eigenvalue weighted by atomic mass is 35.5. The minimum Gasteiger partial charge on any atom is -0.211 e. The second-order valence-corrected chi connectivity index (χ2v) is 7.09. The van der Waals surface area contributed by atoms with Crippen LogP contribution in [0.2, 0.25) is 5.02 Å². The molecule has 0 spiro atoms. The second-order valence-electron chi connectivity index (χ2n) is 4.95. The topological polar surface area (TPSA) is 46.2 Å². The minimum absolute atomic E-state index is 0.313. The third kappa shape index (κ3) is 3.97. The second kappa shape index (κ2) is 6.04. The van der Waals surface area contributed by atoms with Crippen molar-refractivity contribution in [3.8, 4) is 0 Å². The van der Waals surface area contributed by atoms with Crippen LogP contribution in [-0.4, -0.2) is 15.0 Å². The molecule has 1 rings (SSSR count). The van der Waals surface area contributed by atoms with Gasteiger partial charge in [-0.15, -0.1) is 0 Å². The summed E-state index contributed by atoms with van der Waals surface area (Å²) in [4.78, 5) is 0.313. The van der Waals surface area contributed by atoms with Crippen molar-refractivity contribution in [3.63, 3.8) is 0 Å². The Hall–Kier alpha value is -0.580. The molecule has 0 amide bonds. The Balaban J connectivity index is 2.95. The van der Waals surface area contributed by atoms with Gasteiger partial charge in [0.2, 0.25) is 10.0 Å². The third-order valence-electron chi connectivity index (χ3n) is 2.76. The van der Waals surface area contributed by atoms with E-state index in [0.717, 1.165) is 12.0 Å². The highest BCUT2D eigenvalue weighted by Crippen LogP contribution is 2.23. The number of aryl methyl sites for hydroxylation is 2. The van der Waals surface area contributed by atoms with Gasteiger partial charge in [0.05, 0.1) is 4.90 Å². The molecule has 3 nitrogen and oxygen atoms in total. The van der Waals surface area contributed by atoms with Crippen molar-refractivity contribution in [3.05, 3.63) is 28.3 Å². The first kappa shape index (κ1) is 15.5. The van der Waals surface area contributed by atoms with E-state index in [1.165, 1.54) is 0 Å². The van der Waals surface area contributed by atoms with Crippen molar-refractivity contribution < 1.29 is 8.42 Å². The van der Waals surface area contributed by atoms with Gasteiger partial charge < -0.3 is 0 Å². The van der Waals surface area contributed by atoms with Crippen LogP contribution >= 0.6 is 11.6 Å². The summed E-state index contributed by atoms with van der Waals surface area (Å²) >= 11 is 5.97. The maximum Gasteiger partial charge on any atom is 0.240 e. The maximum atomic E-state index is 12.1. The number of rotatable bonds is 5. The smallest absolute Gasteiger partial charge is 0.211 e. The standard InChI is InChI=1S/C13H20ClNO2S/c1-9(2)5-6-15-18(16,17)13-8-10(3)12(14)7-11(13)4/h7-9,15H,5-6H2,1-4H3. The van der Waals surface area contributed by atoms with Crippen LogP contribution in [-0.2, 0) is 10.0 Å². The van der Waals surface area contributed by atoms with Crippen molar-refractivity contribution in [1.82, 2.24) is 4.72 Å². The Morgan fingerprint density at radius 2 is 1.83 bits per heavy atom. The van der Waals surface area contributed by atoms with Gasteiger partial charge in [-0.1, -0.05) is 25.4 Å². The first-order valence-corrected chi connectivity index (χ1v) is 7.86. The average molecular weight is 290 g/mol. The molecule has 0 aromatic heterocycles. The zero-order valence-corrected chi connectivity index (χ0v) is 12.8. The maximum absolute atomic E-state index is 12.1. The molecular formula is C13H20ClNO2S. The molecule has 0 fully saturated rings. The quantitative estimate of drug-likeness (QED) is 0.904. The van der Waals surface area contributed by atoms with Crippen LogP contribution in [0.1, 0.15) is 31.4 Å². The zero-order valence-electron chi connectivity index (χ0n) is 11.2. The summed E-state index contributed by atoms with van der Waals surface area (Å²) in [7, 11) is -3.43. The van der Waals surface area contributed by atoms with Gasteiger partial charge in [0.1, 0.15) is 0 Å². The van der Waals surface area contributed by atoms with Gasteiger partial charge in [-0.05, 0) is 49.4 Å². The van der Waals surface area contributed by atoms with Gasteiger partial charge in [0.15, 0.2) is 0 Å². The van der Waals surface area contributed by atoms with Gasteiger partial charge in [-0.3, -0.25) is 0 Å². The molecule has 102 valence electrons. The fourth-order valence-corrected chi connectivity index (χ4v) is 3.18. The predicted molar refractivity (Wildman–Crippen MR) is 75.6 cm³/mol. The van der Waals surface area contributed by atoms with Crippen molar-refractivity contribution in [2.75, 3.05) is 6.54 Å². The first-order chi connectivity index (χ1) is 8.24.